The van der Waals surface area contributed by atoms with E-state index in [1.54, 1.807) is 60.9 Å². The lowest BCUT2D eigenvalue weighted by atomic mass is 10.0. The third kappa shape index (κ3) is 6.37. The van der Waals surface area contributed by atoms with Crippen LogP contribution in [0.15, 0.2) is 79.1 Å². The molecule has 0 unspecified atom stereocenters. The maximum Gasteiger partial charge on any atom is 0.323 e. The van der Waals surface area contributed by atoms with Crippen molar-refractivity contribution < 1.29 is 23.1 Å². The summed E-state index contributed by atoms with van der Waals surface area (Å²) in [6.07, 6.45) is 3.36. The number of morpholine rings is 1. The molecule has 6 rings (SSSR count). The first-order valence-corrected chi connectivity index (χ1v) is 14.0. The predicted octanol–water partition coefficient (Wildman–Crippen LogP) is 6.25. The van der Waals surface area contributed by atoms with Crippen molar-refractivity contribution in [2.75, 3.05) is 41.8 Å². The van der Waals surface area contributed by atoms with Gasteiger partial charge in [0.15, 0.2) is 5.82 Å². The number of nitrogens with one attached hydrogen (secondary N) is 2. The second-order valence-corrected chi connectivity index (χ2v) is 10.4. The Morgan fingerprint density at radius 1 is 0.909 bits per heavy atom. The lowest BCUT2D eigenvalue weighted by Crippen LogP contribution is -2.37. The number of ketones is 1. The molecule has 3 heterocycles. The first-order valence-electron chi connectivity index (χ1n) is 14.0. The normalized spacial score (nSPS) is 13.1. The molecule has 2 N–H and O–H groups in total. The molecule has 0 aliphatic carbocycles. The van der Waals surface area contributed by atoms with Gasteiger partial charge >= 0.3 is 6.03 Å². The zero-order chi connectivity index (χ0) is 30.6. The Morgan fingerprint density at radius 3 is 2.41 bits per heavy atom. The van der Waals surface area contributed by atoms with Gasteiger partial charge in [0.25, 0.3) is 0 Å². The standard InChI is InChI=1S/C33H28F2N6O3/c1-20(42)15-21-4-9-29(28(35)16-21)39-33(43)37-24-7-5-22(6-8-24)31-38-30-18-25(23-3-2-10-36-19-23)27(34)17-26(30)32(40-31)41-11-13-44-14-12-41/h2-10,16-19H,11-15H2,1H3,(H2,37,39,43). The van der Waals surface area contributed by atoms with Crippen molar-refractivity contribution >= 4 is 39.9 Å². The first-order chi connectivity index (χ1) is 21.3. The van der Waals surface area contributed by atoms with Crippen LogP contribution in [0.1, 0.15) is 12.5 Å². The highest BCUT2D eigenvalue weighted by atomic mass is 19.1. The van der Waals surface area contributed by atoms with Gasteiger partial charge < -0.3 is 20.3 Å². The zero-order valence-electron chi connectivity index (χ0n) is 23.8. The van der Waals surface area contributed by atoms with E-state index in [1.807, 2.05) is 0 Å². The number of fused-ring (bicyclic) bond motifs is 1. The van der Waals surface area contributed by atoms with E-state index in [4.69, 9.17) is 14.7 Å². The summed E-state index contributed by atoms with van der Waals surface area (Å²) in [6, 6.07) is 17.3. The number of Topliss-reactive ketones (excluding diaryl/α,β-unsaturated/α-hetero) is 1. The molecule has 9 nitrogen and oxygen atoms in total. The van der Waals surface area contributed by atoms with Crippen LogP contribution in [0, 0.1) is 11.6 Å². The molecule has 1 saturated heterocycles. The summed E-state index contributed by atoms with van der Waals surface area (Å²) in [5.74, 6) is -0.0577. The van der Waals surface area contributed by atoms with Gasteiger partial charge in [-0.05, 0) is 67.1 Å². The van der Waals surface area contributed by atoms with Crippen molar-refractivity contribution in [3.63, 3.8) is 0 Å². The molecule has 1 aliphatic heterocycles. The maximum absolute atomic E-state index is 15.3. The second-order valence-electron chi connectivity index (χ2n) is 10.4. The molecule has 3 aromatic carbocycles. The summed E-state index contributed by atoms with van der Waals surface area (Å²) < 4.78 is 35.3. The highest BCUT2D eigenvalue weighted by Gasteiger charge is 2.20. The number of amides is 2. The van der Waals surface area contributed by atoms with Crippen molar-refractivity contribution in [2.24, 2.45) is 0 Å². The maximum atomic E-state index is 15.3. The molecule has 2 amide bonds. The van der Waals surface area contributed by atoms with Gasteiger partial charge in [-0.25, -0.2) is 23.5 Å². The number of carbonyl (C=O) groups is 2. The lowest BCUT2D eigenvalue weighted by Gasteiger charge is -2.29. The summed E-state index contributed by atoms with van der Waals surface area (Å²) >= 11 is 0. The van der Waals surface area contributed by atoms with E-state index in [1.165, 1.54) is 25.1 Å². The monoisotopic (exact) mass is 594 g/mol. The van der Waals surface area contributed by atoms with Crippen LogP contribution in [0.4, 0.5) is 30.8 Å². The first kappa shape index (κ1) is 28.8. The SMILES string of the molecule is CC(=O)Cc1ccc(NC(=O)Nc2ccc(-c3nc(N4CCOCC4)c4cc(F)c(-c5cccnc5)cc4n3)cc2)c(F)c1. The highest BCUT2D eigenvalue weighted by Crippen LogP contribution is 2.33. The highest BCUT2D eigenvalue weighted by molar-refractivity contribution is 6.00. The Hall–Kier alpha value is -5.29. The fraction of sp³-hybridized carbons (Fsp3) is 0.182. The minimum atomic E-state index is -0.634. The Morgan fingerprint density at radius 2 is 1.70 bits per heavy atom. The third-order valence-electron chi connectivity index (χ3n) is 7.18. The number of hydrogen-bond acceptors (Lipinski definition) is 7. The molecular weight excluding hydrogens is 566 g/mol. The average Bonchev–Trinajstić information content (AvgIpc) is 3.02. The van der Waals surface area contributed by atoms with Crippen molar-refractivity contribution in [3.05, 3.63) is 96.3 Å². The van der Waals surface area contributed by atoms with Crippen LogP contribution in [0.2, 0.25) is 0 Å². The Labute approximate surface area is 251 Å². The number of pyridine rings is 1. The van der Waals surface area contributed by atoms with Crippen LogP contribution in [-0.4, -0.2) is 53.1 Å². The van der Waals surface area contributed by atoms with Gasteiger partial charge in [0.2, 0.25) is 0 Å². The van der Waals surface area contributed by atoms with Crippen molar-refractivity contribution in [2.45, 2.75) is 13.3 Å². The van der Waals surface area contributed by atoms with E-state index in [9.17, 15) is 14.0 Å². The predicted molar refractivity (Wildman–Crippen MR) is 165 cm³/mol. The Kier molecular flexibility index (Phi) is 8.20. The molecule has 0 spiro atoms. The summed E-state index contributed by atoms with van der Waals surface area (Å²) in [6.45, 7) is 3.71. The molecule has 2 aromatic heterocycles. The van der Waals surface area contributed by atoms with E-state index < -0.39 is 17.7 Å². The number of rotatable bonds is 7. The zero-order valence-corrected chi connectivity index (χ0v) is 23.8. The number of anilines is 3. The van der Waals surface area contributed by atoms with Gasteiger partial charge in [0, 0.05) is 59.7 Å². The van der Waals surface area contributed by atoms with Crippen LogP contribution in [0.3, 0.4) is 0 Å². The Balaban J connectivity index is 1.27. The van der Waals surface area contributed by atoms with Crippen LogP contribution >= 0.6 is 0 Å². The van der Waals surface area contributed by atoms with Gasteiger partial charge in [-0.1, -0.05) is 12.1 Å². The van der Waals surface area contributed by atoms with Crippen LogP contribution < -0.4 is 15.5 Å². The minimum Gasteiger partial charge on any atom is -0.378 e. The van der Waals surface area contributed by atoms with Gasteiger partial charge in [0.1, 0.15) is 23.2 Å². The van der Waals surface area contributed by atoms with Gasteiger partial charge in [-0.3, -0.25) is 9.78 Å². The number of aromatic nitrogens is 3. The number of ether oxygens (including phenoxy) is 1. The number of benzene rings is 3. The molecule has 222 valence electrons. The number of nitrogens with zero attached hydrogens (tertiary/aromatic N) is 4. The van der Waals surface area contributed by atoms with Crippen LogP contribution in [-0.2, 0) is 16.0 Å². The van der Waals surface area contributed by atoms with Crippen LogP contribution in [0.25, 0.3) is 33.4 Å². The van der Waals surface area contributed by atoms with E-state index >= 15 is 4.39 Å². The van der Waals surface area contributed by atoms with Crippen molar-refractivity contribution in [3.8, 4) is 22.5 Å². The van der Waals surface area contributed by atoms with E-state index in [-0.39, 0.29) is 17.9 Å². The Bertz CT molecular complexity index is 1850. The summed E-state index contributed by atoms with van der Waals surface area (Å²) in [7, 11) is 0. The number of hydrogen-bond donors (Lipinski definition) is 2. The minimum absolute atomic E-state index is 0.00582. The summed E-state index contributed by atoms with van der Waals surface area (Å²) in [5.41, 5.74) is 3.28. The number of urea groups is 1. The lowest BCUT2D eigenvalue weighted by molar-refractivity contribution is -0.116. The topological polar surface area (TPSA) is 109 Å². The van der Waals surface area contributed by atoms with Crippen molar-refractivity contribution in [1.82, 2.24) is 15.0 Å². The fourth-order valence-corrected chi connectivity index (χ4v) is 5.07. The van der Waals surface area contributed by atoms with Gasteiger partial charge in [-0.15, -0.1) is 0 Å². The van der Waals surface area contributed by atoms with E-state index in [2.05, 4.69) is 20.5 Å². The molecule has 0 atom stereocenters. The molecule has 0 radical (unpaired) electrons. The number of carbonyl (C=O) groups excluding carboxylic acids is 2. The van der Waals surface area contributed by atoms with E-state index in [0.717, 1.165) is 0 Å². The average molecular weight is 595 g/mol. The van der Waals surface area contributed by atoms with Gasteiger partial charge in [-0.2, -0.15) is 0 Å². The second kappa shape index (κ2) is 12.5. The van der Waals surface area contributed by atoms with E-state index in [0.29, 0.717) is 76.8 Å². The molecule has 1 aliphatic rings. The fourth-order valence-electron chi connectivity index (χ4n) is 5.07. The summed E-state index contributed by atoms with van der Waals surface area (Å²) in [5, 5.41) is 5.77. The van der Waals surface area contributed by atoms with Gasteiger partial charge in [0.05, 0.1) is 24.4 Å². The smallest absolute Gasteiger partial charge is 0.323 e. The molecule has 1 fully saturated rings. The van der Waals surface area contributed by atoms with Crippen molar-refractivity contribution in [1.29, 1.82) is 0 Å². The molecule has 44 heavy (non-hydrogen) atoms. The quantitative estimate of drug-likeness (QED) is 0.229. The molecule has 5 aromatic rings. The third-order valence-corrected chi connectivity index (χ3v) is 7.18. The number of halogens is 2. The molecule has 11 heteroatoms. The molecule has 0 saturated carbocycles. The molecule has 0 bridgehead atoms. The molecular formula is C33H28F2N6O3. The van der Waals surface area contributed by atoms with Crippen LogP contribution in [0.5, 0.6) is 0 Å². The largest absolute Gasteiger partial charge is 0.378 e. The summed E-state index contributed by atoms with van der Waals surface area (Å²) in [4.78, 5) is 39.7.